The van der Waals surface area contributed by atoms with Gasteiger partial charge >= 0.3 is 6.09 Å². The standard InChI is InChI=1S/C48H55N9O3/c1-31-11-9-21-49-42(31)40-15-8-16-41(43-32(2)12-10-22-50-43)57(40)28-25-55-23-26-56(27-24-55)46(58)35-19-17-34(18-20-35)39-29-37-44(51-30-52-45(37)53-39)36-13-7-14-38(33(36)3)54-47(59)60-48(4,5)6/h7,9-14,17-22,29-30,40-41H,8,15-16,23-28H2,1-6H3,(H,54,59)(H,51,52,53)/t40-,41+. The molecular weight excluding hydrogens is 751 g/mol. The van der Waals surface area contributed by atoms with E-state index in [0.29, 0.717) is 30.0 Å². The topological polar surface area (TPSA) is 132 Å². The Morgan fingerprint density at radius 3 is 2.10 bits per heavy atom. The summed E-state index contributed by atoms with van der Waals surface area (Å²) < 4.78 is 5.48. The molecule has 8 rings (SSSR count). The number of anilines is 1. The van der Waals surface area contributed by atoms with Gasteiger partial charge in [-0.25, -0.2) is 14.8 Å². The van der Waals surface area contributed by atoms with Crippen LogP contribution in [0, 0.1) is 20.8 Å². The molecule has 60 heavy (non-hydrogen) atoms. The molecule has 0 aliphatic carbocycles. The highest BCUT2D eigenvalue weighted by molar-refractivity contribution is 5.98. The van der Waals surface area contributed by atoms with Gasteiger partial charge in [-0.3, -0.25) is 29.9 Å². The molecule has 2 fully saturated rings. The molecule has 0 saturated carbocycles. The quantitative estimate of drug-likeness (QED) is 0.147. The van der Waals surface area contributed by atoms with E-state index in [1.54, 1.807) is 6.33 Å². The summed E-state index contributed by atoms with van der Waals surface area (Å²) in [5.74, 6) is 0.0498. The highest BCUT2D eigenvalue weighted by Crippen LogP contribution is 2.42. The molecule has 2 saturated heterocycles. The van der Waals surface area contributed by atoms with Crippen molar-refractivity contribution >= 4 is 28.7 Å². The van der Waals surface area contributed by atoms with E-state index < -0.39 is 11.7 Å². The fourth-order valence-corrected chi connectivity index (χ4v) is 8.80. The summed E-state index contributed by atoms with van der Waals surface area (Å²) >= 11 is 0. The second kappa shape index (κ2) is 17.3. The smallest absolute Gasteiger partial charge is 0.412 e. The van der Waals surface area contributed by atoms with E-state index in [9.17, 15) is 9.59 Å². The first-order chi connectivity index (χ1) is 28.9. The van der Waals surface area contributed by atoms with Crippen LogP contribution in [0.1, 0.15) is 90.6 Å². The van der Waals surface area contributed by atoms with Gasteiger partial charge in [-0.05, 0) is 119 Å². The van der Waals surface area contributed by atoms with Crippen molar-refractivity contribution in [3.8, 4) is 22.5 Å². The van der Waals surface area contributed by atoms with Gasteiger partial charge in [0, 0.05) is 79.6 Å². The normalized spacial score (nSPS) is 17.8. The van der Waals surface area contributed by atoms with E-state index >= 15 is 0 Å². The molecule has 12 nitrogen and oxygen atoms in total. The van der Waals surface area contributed by atoms with Gasteiger partial charge in [0.05, 0.1) is 29.2 Å². The average molecular weight is 806 g/mol. The summed E-state index contributed by atoms with van der Waals surface area (Å²) in [5, 5.41) is 3.73. The number of hydrogen-bond donors (Lipinski definition) is 2. The third-order valence-electron chi connectivity index (χ3n) is 11.9. The lowest BCUT2D eigenvalue weighted by molar-refractivity contribution is 0.0466. The summed E-state index contributed by atoms with van der Waals surface area (Å²) in [5.41, 5.74) is 10.5. The number of H-pyrrole nitrogens is 1. The van der Waals surface area contributed by atoms with Gasteiger partial charge in [0.2, 0.25) is 0 Å². The summed E-state index contributed by atoms with van der Waals surface area (Å²) in [4.78, 5) is 55.9. The summed E-state index contributed by atoms with van der Waals surface area (Å²) in [6.07, 6.45) is 8.19. The number of nitrogens with one attached hydrogen (secondary N) is 2. The molecule has 0 bridgehead atoms. The van der Waals surface area contributed by atoms with Gasteiger partial charge in [0.25, 0.3) is 5.91 Å². The van der Waals surface area contributed by atoms with Crippen molar-refractivity contribution in [3.63, 3.8) is 0 Å². The molecule has 4 aromatic heterocycles. The van der Waals surface area contributed by atoms with Crippen molar-refractivity contribution in [3.05, 3.63) is 125 Å². The van der Waals surface area contributed by atoms with Crippen molar-refractivity contribution in [2.45, 2.75) is 78.5 Å². The number of carbonyl (C=O) groups excluding carboxylic acids is 2. The van der Waals surface area contributed by atoms with Crippen LogP contribution in [-0.4, -0.2) is 96.5 Å². The minimum absolute atomic E-state index is 0.0498. The van der Waals surface area contributed by atoms with E-state index in [1.165, 1.54) is 22.5 Å². The summed E-state index contributed by atoms with van der Waals surface area (Å²) in [7, 11) is 0. The number of carbonyl (C=O) groups is 2. The number of piperazine rings is 1. The lowest BCUT2D eigenvalue weighted by atomic mass is 9.89. The van der Waals surface area contributed by atoms with Gasteiger partial charge in [0.15, 0.2) is 0 Å². The maximum atomic E-state index is 13.8. The second-order valence-corrected chi connectivity index (χ2v) is 17.1. The number of piperidine rings is 1. The lowest BCUT2D eigenvalue weighted by Crippen LogP contribution is -2.51. The number of aryl methyl sites for hydroxylation is 2. The van der Waals surface area contributed by atoms with Crippen molar-refractivity contribution < 1.29 is 14.3 Å². The molecule has 6 heterocycles. The number of rotatable bonds is 9. The molecular formula is C48H55N9O3. The maximum absolute atomic E-state index is 13.8. The summed E-state index contributed by atoms with van der Waals surface area (Å²) in [6, 6.07) is 24.4. The molecule has 6 aromatic rings. The monoisotopic (exact) mass is 805 g/mol. The van der Waals surface area contributed by atoms with Crippen LogP contribution in [0.4, 0.5) is 10.5 Å². The molecule has 2 aromatic carbocycles. The fourth-order valence-electron chi connectivity index (χ4n) is 8.80. The number of pyridine rings is 2. The molecule has 310 valence electrons. The molecule has 2 N–H and O–H groups in total. The maximum Gasteiger partial charge on any atom is 0.412 e. The Hall–Kier alpha value is -5.98. The Balaban J connectivity index is 0.917. The van der Waals surface area contributed by atoms with Gasteiger partial charge in [-0.15, -0.1) is 0 Å². The number of ether oxygens (including phenoxy) is 1. The highest BCUT2D eigenvalue weighted by atomic mass is 16.6. The molecule has 2 aliphatic rings. The number of likely N-dealkylation sites (tertiary alicyclic amines) is 1. The molecule has 0 unspecified atom stereocenters. The average Bonchev–Trinajstić information content (AvgIpc) is 3.69. The van der Waals surface area contributed by atoms with Crippen LogP contribution in [0.25, 0.3) is 33.5 Å². The molecule has 2 atom stereocenters. The number of aromatic amines is 1. The third-order valence-corrected chi connectivity index (χ3v) is 11.9. The molecule has 0 radical (unpaired) electrons. The van der Waals surface area contributed by atoms with Gasteiger partial charge in [-0.2, -0.15) is 0 Å². The number of hydrogen-bond acceptors (Lipinski definition) is 9. The Bertz CT molecular complexity index is 2430. The van der Waals surface area contributed by atoms with Crippen molar-refractivity contribution in [1.29, 1.82) is 0 Å². The van der Waals surface area contributed by atoms with E-state index in [0.717, 1.165) is 78.9 Å². The SMILES string of the molecule is Cc1cccnc1[C@H]1CCC[C@@H](c2ncccc2C)N1CCN1CCN(C(=O)c2ccc(-c3cc4c(-c5cccc(NC(=O)OC(C)(C)C)c5C)ncnc4[nH]3)cc2)CC1. The molecule has 2 amide bonds. The van der Waals surface area contributed by atoms with Crippen LogP contribution in [0.5, 0.6) is 0 Å². The molecule has 2 aliphatic heterocycles. The Labute approximate surface area is 352 Å². The van der Waals surface area contributed by atoms with Crippen LogP contribution >= 0.6 is 0 Å². The first kappa shape index (κ1) is 40.8. The number of fused-ring (bicyclic) bond motifs is 1. The zero-order valence-electron chi connectivity index (χ0n) is 35.5. The van der Waals surface area contributed by atoms with E-state index in [4.69, 9.17) is 14.7 Å². The molecule has 0 spiro atoms. The highest BCUT2D eigenvalue weighted by Gasteiger charge is 2.36. The first-order valence-electron chi connectivity index (χ1n) is 21.1. The minimum Gasteiger partial charge on any atom is -0.444 e. The van der Waals surface area contributed by atoms with Crippen LogP contribution in [0.2, 0.25) is 0 Å². The number of nitrogens with zero attached hydrogens (tertiary/aromatic N) is 7. The van der Waals surface area contributed by atoms with E-state index in [2.05, 4.69) is 56.0 Å². The van der Waals surface area contributed by atoms with Crippen molar-refractivity contribution in [2.75, 3.05) is 44.6 Å². The van der Waals surface area contributed by atoms with E-state index in [-0.39, 0.29) is 18.0 Å². The predicted molar refractivity (Wildman–Crippen MR) is 236 cm³/mol. The van der Waals surface area contributed by atoms with Crippen LogP contribution in [0.15, 0.2) is 91.5 Å². The molecule has 12 heteroatoms. The third kappa shape index (κ3) is 8.80. The first-order valence-corrected chi connectivity index (χ1v) is 21.1. The largest absolute Gasteiger partial charge is 0.444 e. The van der Waals surface area contributed by atoms with Gasteiger partial charge < -0.3 is 14.6 Å². The zero-order chi connectivity index (χ0) is 42.0. The van der Waals surface area contributed by atoms with Crippen LogP contribution in [-0.2, 0) is 4.74 Å². The van der Waals surface area contributed by atoms with Gasteiger partial charge in [-0.1, -0.05) is 36.4 Å². The number of benzene rings is 2. The van der Waals surface area contributed by atoms with Crippen molar-refractivity contribution in [1.82, 2.24) is 39.6 Å². The number of aromatic nitrogens is 5. The minimum atomic E-state index is -0.609. The Morgan fingerprint density at radius 1 is 0.800 bits per heavy atom. The fraction of sp³-hybridized carbons (Fsp3) is 0.375. The zero-order valence-corrected chi connectivity index (χ0v) is 35.5. The van der Waals surface area contributed by atoms with Crippen molar-refractivity contribution in [2.24, 2.45) is 0 Å². The van der Waals surface area contributed by atoms with Crippen LogP contribution in [0.3, 0.4) is 0 Å². The van der Waals surface area contributed by atoms with E-state index in [1.807, 2.05) is 106 Å². The lowest BCUT2D eigenvalue weighted by Gasteiger charge is -2.44. The Kier molecular flexibility index (Phi) is 11.8. The van der Waals surface area contributed by atoms with Gasteiger partial charge in [0.1, 0.15) is 17.6 Å². The Morgan fingerprint density at radius 2 is 1.47 bits per heavy atom. The predicted octanol–water partition coefficient (Wildman–Crippen LogP) is 9.08. The number of amides is 2. The van der Waals surface area contributed by atoms with Crippen LogP contribution < -0.4 is 5.32 Å². The summed E-state index contributed by atoms with van der Waals surface area (Å²) in [6.45, 7) is 16.7. The second-order valence-electron chi connectivity index (χ2n) is 17.1.